The van der Waals surface area contributed by atoms with Crippen LogP contribution in [0.2, 0.25) is 0 Å². The first-order valence-corrected chi connectivity index (χ1v) is 7.71. The van der Waals surface area contributed by atoms with Crippen molar-refractivity contribution >= 4 is 5.97 Å². The summed E-state index contributed by atoms with van der Waals surface area (Å²) in [4.78, 5) is 18.2. The van der Waals surface area contributed by atoms with E-state index < -0.39 is 12.1 Å². The molecule has 1 N–H and O–H groups in total. The molecule has 0 spiro atoms. The smallest absolute Gasteiger partial charge is 0.323 e. The van der Waals surface area contributed by atoms with Gasteiger partial charge in [0.2, 0.25) is 0 Å². The molecule has 0 bridgehead atoms. The molecule has 0 saturated carbocycles. The normalized spacial score (nSPS) is 21.5. The van der Waals surface area contributed by atoms with E-state index in [0.29, 0.717) is 19.5 Å². The number of hydrogen-bond donors (Lipinski definition) is 1. The fourth-order valence-corrected chi connectivity index (χ4v) is 3.03. The summed E-state index contributed by atoms with van der Waals surface area (Å²) >= 11 is 0. The second-order valence-electron chi connectivity index (χ2n) is 5.81. The molecule has 6 nitrogen and oxygen atoms in total. The Morgan fingerprint density at radius 2 is 2.13 bits per heavy atom. The number of ether oxygens (including phenoxy) is 1. The van der Waals surface area contributed by atoms with E-state index in [2.05, 4.69) is 21.7 Å². The molecule has 0 radical (unpaired) electrons. The second kappa shape index (κ2) is 6.93. The van der Waals surface area contributed by atoms with Crippen molar-refractivity contribution in [3.8, 4) is 0 Å². The summed E-state index contributed by atoms with van der Waals surface area (Å²) in [5.41, 5.74) is 1.19. The summed E-state index contributed by atoms with van der Waals surface area (Å²) < 4.78 is 6.90. The Kier molecular flexibility index (Phi) is 4.73. The van der Waals surface area contributed by atoms with Gasteiger partial charge in [-0.3, -0.25) is 9.69 Å². The van der Waals surface area contributed by atoms with Crippen LogP contribution in [0.5, 0.6) is 0 Å². The molecule has 0 aliphatic carbocycles. The average Bonchev–Trinajstić information content (AvgIpc) is 3.15. The van der Waals surface area contributed by atoms with Crippen molar-refractivity contribution < 1.29 is 14.6 Å². The number of likely N-dealkylation sites (tertiary alicyclic amines) is 1. The van der Waals surface area contributed by atoms with Gasteiger partial charge in [0, 0.05) is 31.9 Å². The van der Waals surface area contributed by atoms with Crippen molar-refractivity contribution in [2.45, 2.75) is 31.7 Å². The van der Waals surface area contributed by atoms with Crippen LogP contribution < -0.4 is 0 Å². The lowest BCUT2D eigenvalue weighted by atomic mass is 10.2. The van der Waals surface area contributed by atoms with Crippen LogP contribution in [0.3, 0.4) is 0 Å². The lowest BCUT2D eigenvalue weighted by molar-refractivity contribution is -0.146. The third kappa shape index (κ3) is 3.60. The summed E-state index contributed by atoms with van der Waals surface area (Å²) in [6.07, 6.45) is 3.60. The van der Waals surface area contributed by atoms with Crippen molar-refractivity contribution in [3.05, 3.63) is 54.1 Å². The quantitative estimate of drug-likeness (QED) is 0.835. The molecule has 1 aliphatic heterocycles. The molecular formula is C17H21N3O3. The van der Waals surface area contributed by atoms with Gasteiger partial charge in [0.05, 0.1) is 19.8 Å². The van der Waals surface area contributed by atoms with Gasteiger partial charge in [0.1, 0.15) is 11.9 Å². The summed E-state index contributed by atoms with van der Waals surface area (Å²) in [6.45, 7) is 1.70. The van der Waals surface area contributed by atoms with Gasteiger partial charge in [-0.05, 0) is 5.56 Å². The Morgan fingerprint density at radius 1 is 1.35 bits per heavy atom. The highest BCUT2D eigenvalue weighted by Crippen LogP contribution is 2.21. The zero-order valence-electron chi connectivity index (χ0n) is 13.1. The van der Waals surface area contributed by atoms with Gasteiger partial charge < -0.3 is 14.4 Å². The maximum Gasteiger partial charge on any atom is 0.323 e. The number of nitrogens with zero attached hydrogens (tertiary/aromatic N) is 3. The highest BCUT2D eigenvalue weighted by atomic mass is 16.5. The Hall–Kier alpha value is -2.18. The van der Waals surface area contributed by atoms with E-state index in [1.165, 1.54) is 12.7 Å². The largest absolute Gasteiger partial charge is 0.468 e. The summed E-state index contributed by atoms with van der Waals surface area (Å²) in [5.74, 6) is 0.569. The maximum absolute atomic E-state index is 11.9. The van der Waals surface area contributed by atoms with Crippen LogP contribution in [0.4, 0.5) is 0 Å². The van der Waals surface area contributed by atoms with Crippen LogP contribution in [0.1, 0.15) is 17.8 Å². The molecule has 23 heavy (non-hydrogen) atoms. The molecule has 1 saturated heterocycles. The number of aliphatic hydroxyl groups excluding tert-OH is 1. The van der Waals surface area contributed by atoms with Gasteiger partial charge in [0.15, 0.2) is 0 Å². The SMILES string of the molecule is COC(=O)[C@@H]1C[C@H](O)CN1Cc1nccn1Cc1ccccc1. The number of esters is 1. The van der Waals surface area contributed by atoms with E-state index in [1.807, 2.05) is 29.3 Å². The zero-order chi connectivity index (χ0) is 16.2. The number of methoxy groups -OCH3 is 1. The van der Waals surface area contributed by atoms with Crippen molar-refractivity contribution in [1.29, 1.82) is 0 Å². The molecule has 1 aromatic heterocycles. The Labute approximate surface area is 135 Å². The van der Waals surface area contributed by atoms with Crippen LogP contribution in [0.25, 0.3) is 0 Å². The average molecular weight is 315 g/mol. The predicted molar refractivity (Wildman–Crippen MR) is 84.6 cm³/mol. The summed E-state index contributed by atoms with van der Waals surface area (Å²) in [6, 6.07) is 9.75. The van der Waals surface area contributed by atoms with Gasteiger partial charge in [-0.2, -0.15) is 0 Å². The van der Waals surface area contributed by atoms with Gasteiger partial charge in [-0.1, -0.05) is 30.3 Å². The lowest BCUT2D eigenvalue weighted by Crippen LogP contribution is -2.37. The molecule has 1 aliphatic rings. The molecule has 1 fully saturated rings. The zero-order valence-corrected chi connectivity index (χ0v) is 13.1. The topological polar surface area (TPSA) is 67.6 Å². The summed E-state index contributed by atoms with van der Waals surface area (Å²) in [5, 5.41) is 9.87. The first kappa shape index (κ1) is 15.7. The van der Waals surface area contributed by atoms with Gasteiger partial charge in [-0.15, -0.1) is 0 Å². The number of β-amino-alcohol motifs (C(OH)–C–C–N with tert-alkyl or cyclic N) is 1. The van der Waals surface area contributed by atoms with Crippen molar-refractivity contribution in [2.75, 3.05) is 13.7 Å². The van der Waals surface area contributed by atoms with Gasteiger partial charge in [-0.25, -0.2) is 4.98 Å². The molecule has 0 unspecified atom stereocenters. The predicted octanol–water partition coefficient (Wildman–Crippen LogP) is 1.04. The second-order valence-corrected chi connectivity index (χ2v) is 5.81. The van der Waals surface area contributed by atoms with Crippen LogP contribution in [0.15, 0.2) is 42.7 Å². The highest BCUT2D eigenvalue weighted by molar-refractivity contribution is 5.76. The first-order chi connectivity index (χ1) is 11.2. The minimum absolute atomic E-state index is 0.303. The van der Waals surface area contributed by atoms with Crippen molar-refractivity contribution in [3.63, 3.8) is 0 Å². The molecule has 2 atom stereocenters. The molecule has 2 heterocycles. The van der Waals surface area contributed by atoms with Crippen LogP contribution in [-0.2, 0) is 22.6 Å². The van der Waals surface area contributed by atoms with E-state index in [-0.39, 0.29) is 5.97 Å². The van der Waals surface area contributed by atoms with E-state index in [1.54, 1.807) is 6.20 Å². The third-order valence-corrected chi connectivity index (χ3v) is 4.20. The fraction of sp³-hybridized carbons (Fsp3) is 0.412. The Morgan fingerprint density at radius 3 is 2.87 bits per heavy atom. The van der Waals surface area contributed by atoms with Crippen LogP contribution in [0, 0.1) is 0 Å². The molecule has 0 amide bonds. The number of rotatable bonds is 5. The standard InChI is InChI=1S/C17H21N3O3/c1-23-17(22)15-9-14(21)11-20(15)12-16-18-7-8-19(16)10-13-5-3-2-4-6-13/h2-8,14-15,21H,9-12H2,1H3/t14-,15-/m0/s1. The number of carbonyl (C=O) groups is 1. The van der Waals surface area contributed by atoms with Crippen molar-refractivity contribution in [2.24, 2.45) is 0 Å². The number of hydrogen-bond acceptors (Lipinski definition) is 5. The monoisotopic (exact) mass is 315 g/mol. The summed E-state index contributed by atoms with van der Waals surface area (Å²) in [7, 11) is 1.38. The highest BCUT2D eigenvalue weighted by Gasteiger charge is 2.37. The van der Waals surface area contributed by atoms with Crippen LogP contribution in [-0.4, -0.2) is 51.3 Å². The van der Waals surface area contributed by atoms with Gasteiger partial charge in [0.25, 0.3) is 0 Å². The van der Waals surface area contributed by atoms with E-state index in [4.69, 9.17) is 4.74 Å². The number of benzene rings is 1. The third-order valence-electron chi connectivity index (χ3n) is 4.20. The molecule has 2 aromatic rings. The fourth-order valence-electron chi connectivity index (χ4n) is 3.03. The van der Waals surface area contributed by atoms with Crippen molar-refractivity contribution in [1.82, 2.24) is 14.5 Å². The molecule has 6 heteroatoms. The number of carbonyl (C=O) groups excluding carboxylic acids is 1. The molecule has 122 valence electrons. The molecular weight excluding hydrogens is 294 g/mol. The van der Waals surface area contributed by atoms with Crippen LogP contribution >= 0.6 is 0 Å². The van der Waals surface area contributed by atoms with Gasteiger partial charge >= 0.3 is 5.97 Å². The number of imidazole rings is 1. The molecule has 3 rings (SSSR count). The maximum atomic E-state index is 11.9. The lowest BCUT2D eigenvalue weighted by Gasteiger charge is -2.22. The van der Waals surface area contributed by atoms with E-state index in [0.717, 1.165) is 12.4 Å². The molecule has 1 aromatic carbocycles. The minimum Gasteiger partial charge on any atom is -0.468 e. The minimum atomic E-state index is -0.503. The van der Waals surface area contributed by atoms with E-state index in [9.17, 15) is 9.90 Å². The number of aliphatic hydroxyl groups is 1. The first-order valence-electron chi connectivity index (χ1n) is 7.71. The Balaban J connectivity index is 1.73. The number of aromatic nitrogens is 2. The van der Waals surface area contributed by atoms with E-state index >= 15 is 0 Å². The Bertz CT molecular complexity index is 656.